The summed E-state index contributed by atoms with van der Waals surface area (Å²) in [5.41, 5.74) is 7.82. The molecular weight excluding hydrogens is 440 g/mol. The molecule has 4 rings (SSSR count). The van der Waals surface area contributed by atoms with E-state index in [2.05, 4.69) is 25.8 Å². The molecule has 1 saturated heterocycles. The van der Waals surface area contributed by atoms with Crippen molar-refractivity contribution in [1.82, 2.24) is 25.6 Å². The summed E-state index contributed by atoms with van der Waals surface area (Å²) in [5.74, 6) is -0.909. The minimum atomic E-state index is -0.474. The lowest BCUT2D eigenvalue weighted by atomic mass is 10.2. The van der Waals surface area contributed by atoms with E-state index < -0.39 is 11.8 Å². The van der Waals surface area contributed by atoms with Crippen molar-refractivity contribution < 1.29 is 14.3 Å². The zero-order chi connectivity index (χ0) is 22.0. The predicted octanol–water partition coefficient (Wildman–Crippen LogP) is 2.51. The van der Waals surface area contributed by atoms with Crippen molar-refractivity contribution >= 4 is 39.9 Å². The molecule has 0 bridgehead atoms. The monoisotopic (exact) mass is 460 g/mol. The number of halogens is 1. The lowest BCUT2D eigenvalue weighted by Gasteiger charge is -2.25. The number of nitrogens with one attached hydrogen (secondary N) is 2. The van der Waals surface area contributed by atoms with E-state index in [0.717, 1.165) is 35.3 Å². The number of ether oxygens (including phenoxy) is 1. The molecule has 2 N–H and O–H groups in total. The van der Waals surface area contributed by atoms with Gasteiger partial charge in [0, 0.05) is 24.0 Å². The molecule has 9 nitrogen and oxygen atoms in total. The highest BCUT2D eigenvalue weighted by Gasteiger charge is 2.18. The fraction of sp³-hybridized carbons (Fsp3) is 0.300. The highest BCUT2D eigenvalue weighted by molar-refractivity contribution is 7.13. The Labute approximate surface area is 187 Å². The van der Waals surface area contributed by atoms with E-state index in [0.29, 0.717) is 23.8 Å². The number of morpholine rings is 1. The van der Waals surface area contributed by atoms with Gasteiger partial charge in [-0.3, -0.25) is 20.4 Å². The average Bonchev–Trinajstić information content (AvgIpc) is 3.39. The molecule has 31 heavy (non-hydrogen) atoms. The molecule has 1 aliphatic heterocycles. The van der Waals surface area contributed by atoms with Crippen LogP contribution in [0, 0.1) is 13.8 Å². The van der Waals surface area contributed by atoms with Crippen LogP contribution in [0.1, 0.15) is 32.2 Å². The van der Waals surface area contributed by atoms with Crippen LogP contribution in [0.15, 0.2) is 29.6 Å². The van der Waals surface area contributed by atoms with Crippen LogP contribution in [0.5, 0.6) is 0 Å². The van der Waals surface area contributed by atoms with Crippen molar-refractivity contribution in [3.05, 3.63) is 57.3 Å². The predicted molar refractivity (Wildman–Crippen MR) is 118 cm³/mol. The molecule has 2 amide bonds. The molecule has 1 aromatic carbocycles. The SMILES string of the molecule is Cc1nn(-c2ccc(C(=O)NNC(=O)c3csc(N4CCOCC4)n3)cc2)c(C)c1Cl. The van der Waals surface area contributed by atoms with E-state index in [1.165, 1.54) is 11.3 Å². The topological polar surface area (TPSA) is 101 Å². The van der Waals surface area contributed by atoms with E-state index in [-0.39, 0.29) is 5.69 Å². The van der Waals surface area contributed by atoms with E-state index in [1.54, 1.807) is 34.3 Å². The van der Waals surface area contributed by atoms with Crippen LogP contribution >= 0.6 is 22.9 Å². The van der Waals surface area contributed by atoms with Gasteiger partial charge in [0.15, 0.2) is 5.13 Å². The summed E-state index contributed by atoms with van der Waals surface area (Å²) in [6.45, 7) is 6.48. The third-order valence-corrected chi connectivity index (χ3v) is 6.32. The maximum Gasteiger partial charge on any atom is 0.289 e. The summed E-state index contributed by atoms with van der Waals surface area (Å²) in [4.78, 5) is 31.2. The second kappa shape index (κ2) is 9.04. The summed E-state index contributed by atoms with van der Waals surface area (Å²) in [7, 11) is 0. The Morgan fingerprint density at radius 1 is 1.10 bits per heavy atom. The van der Waals surface area contributed by atoms with Gasteiger partial charge in [-0.1, -0.05) is 11.6 Å². The van der Waals surface area contributed by atoms with E-state index in [4.69, 9.17) is 16.3 Å². The number of hydrogen-bond acceptors (Lipinski definition) is 7. The van der Waals surface area contributed by atoms with Crippen molar-refractivity contribution in [1.29, 1.82) is 0 Å². The first kappa shape index (κ1) is 21.3. The Morgan fingerprint density at radius 2 is 1.77 bits per heavy atom. The lowest BCUT2D eigenvalue weighted by molar-refractivity contribution is 0.0844. The number of aromatic nitrogens is 3. The van der Waals surface area contributed by atoms with Crippen molar-refractivity contribution in [2.24, 2.45) is 0 Å². The molecule has 0 spiro atoms. The van der Waals surface area contributed by atoms with Crippen LogP contribution in [0.25, 0.3) is 5.69 Å². The van der Waals surface area contributed by atoms with Gasteiger partial charge in [0.2, 0.25) is 0 Å². The lowest BCUT2D eigenvalue weighted by Crippen LogP contribution is -2.41. The Morgan fingerprint density at radius 3 is 2.42 bits per heavy atom. The van der Waals surface area contributed by atoms with Crippen LogP contribution in [0.2, 0.25) is 5.02 Å². The number of benzene rings is 1. The molecule has 3 heterocycles. The zero-order valence-corrected chi connectivity index (χ0v) is 18.6. The van der Waals surface area contributed by atoms with Crippen molar-refractivity contribution in [2.45, 2.75) is 13.8 Å². The largest absolute Gasteiger partial charge is 0.378 e. The molecular formula is C20H21ClN6O3S. The maximum absolute atomic E-state index is 12.4. The molecule has 0 saturated carbocycles. The molecule has 0 unspecified atom stereocenters. The van der Waals surface area contributed by atoms with Gasteiger partial charge in [-0.15, -0.1) is 11.3 Å². The first-order valence-corrected chi connectivity index (χ1v) is 10.9. The Bertz CT molecular complexity index is 1100. The summed E-state index contributed by atoms with van der Waals surface area (Å²) in [5, 5.41) is 7.44. The van der Waals surface area contributed by atoms with Crippen LogP contribution in [0.4, 0.5) is 5.13 Å². The van der Waals surface area contributed by atoms with Gasteiger partial charge in [-0.2, -0.15) is 5.10 Å². The van der Waals surface area contributed by atoms with Gasteiger partial charge in [-0.05, 0) is 38.1 Å². The highest BCUT2D eigenvalue weighted by Crippen LogP contribution is 2.23. The van der Waals surface area contributed by atoms with Gasteiger partial charge in [0.1, 0.15) is 5.69 Å². The first-order chi connectivity index (χ1) is 14.9. The normalized spacial score (nSPS) is 13.8. The highest BCUT2D eigenvalue weighted by atomic mass is 35.5. The van der Waals surface area contributed by atoms with Crippen LogP contribution in [-0.2, 0) is 4.74 Å². The molecule has 1 aliphatic rings. The molecule has 162 valence electrons. The number of nitrogens with zero attached hydrogens (tertiary/aromatic N) is 4. The minimum absolute atomic E-state index is 0.253. The minimum Gasteiger partial charge on any atom is -0.378 e. The summed E-state index contributed by atoms with van der Waals surface area (Å²) in [6, 6.07) is 6.84. The molecule has 11 heteroatoms. The zero-order valence-electron chi connectivity index (χ0n) is 17.0. The van der Waals surface area contributed by atoms with Gasteiger partial charge in [0.05, 0.1) is 35.3 Å². The van der Waals surface area contributed by atoms with Gasteiger partial charge >= 0.3 is 0 Å². The smallest absolute Gasteiger partial charge is 0.289 e. The average molecular weight is 461 g/mol. The first-order valence-electron chi connectivity index (χ1n) is 9.65. The van der Waals surface area contributed by atoms with Crippen molar-refractivity contribution in [3.63, 3.8) is 0 Å². The fourth-order valence-corrected chi connectivity index (χ4v) is 4.12. The van der Waals surface area contributed by atoms with Gasteiger partial charge in [-0.25, -0.2) is 9.67 Å². The fourth-order valence-electron chi connectivity index (χ4n) is 3.15. The number of carbonyl (C=O) groups excluding carboxylic acids is 2. The van der Waals surface area contributed by atoms with Crippen LogP contribution in [-0.4, -0.2) is 52.9 Å². The number of aryl methyl sites for hydroxylation is 1. The second-order valence-corrected chi connectivity index (χ2v) is 8.18. The number of rotatable bonds is 4. The molecule has 0 atom stereocenters. The van der Waals surface area contributed by atoms with Gasteiger partial charge < -0.3 is 9.64 Å². The second-order valence-electron chi connectivity index (χ2n) is 6.97. The Kier molecular flexibility index (Phi) is 6.21. The third-order valence-electron chi connectivity index (χ3n) is 4.87. The van der Waals surface area contributed by atoms with E-state index in [1.807, 2.05) is 13.8 Å². The number of hydrogen-bond donors (Lipinski definition) is 2. The number of thiazole rings is 1. The van der Waals surface area contributed by atoms with Gasteiger partial charge in [0.25, 0.3) is 11.8 Å². The summed E-state index contributed by atoms with van der Waals surface area (Å²) < 4.78 is 7.04. The molecule has 2 aromatic heterocycles. The Hall–Kier alpha value is -2.95. The molecule has 0 radical (unpaired) electrons. The molecule has 0 aliphatic carbocycles. The summed E-state index contributed by atoms with van der Waals surface area (Å²) in [6.07, 6.45) is 0. The maximum atomic E-state index is 12.4. The number of amides is 2. The van der Waals surface area contributed by atoms with E-state index >= 15 is 0 Å². The van der Waals surface area contributed by atoms with Crippen molar-refractivity contribution in [2.75, 3.05) is 31.2 Å². The van der Waals surface area contributed by atoms with Crippen molar-refractivity contribution in [3.8, 4) is 5.69 Å². The Balaban J connectivity index is 1.36. The third kappa shape index (κ3) is 4.55. The molecule has 3 aromatic rings. The quantitative estimate of drug-likeness (QED) is 0.580. The van der Waals surface area contributed by atoms with Crippen LogP contribution < -0.4 is 15.8 Å². The standard InChI is InChI=1S/C20H21ClN6O3S/c1-12-17(21)13(2)27(25-12)15-5-3-14(4-6-15)18(28)23-24-19(29)16-11-31-20(22-16)26-7-9-30-10-8-26/h3-6,11H,7-10H2,1-2H3,(H,23,28)(H,24,29). The van der Waals surface area contributed by atoms with E-state index in [9.17, 15) is 9.59 Å². The number of anilines is 1. The molecule has 1 fully saturated rings. The van der Waals surface area contributed by atoms with Crippen LogP contribution in [0.3, 0.4) is 0 Å². The number of hydrazine groups is 1. The number of carbonyl (C=O) groups is 2. The summed E-state index contributed by atoms with van der Waals surface area (Å²) >= 11 is 7.58.